The van der Waals surface area contributed by atoms with Crippen LogP contribution in [0.4, 0.5) is 11.4 Å². The van der Waals surface area contributed by atoms with E-state index in [9.17, 15) is 14.4 Å². The molecule has 2 aromatic rings. The second kappa shape index (κ2) is 12.1. The van der Waals surface area contributed by atoms with Crippen LogP contribution in [-0.4, -0.2) is 48.8 Å². The quantitative estimate of drug-likeness (QED) is 0.486. The van der Waals surface area contributed by atoms with E-state index in [0.29, 0.717) is 16.3 Å². The zero-order chi connectivity index (χ0) is 25.5. The van der Waals surface area contributed by atoms with Crippen molar-refractivity contribution in [1.82, 2.24) is 10.2 Å². The fourth-order valence-corrected chi connectivity index (χ4v) is 4.87. The summed E-state index contributed by atoms with van der Waals surface area (Å²) in [5.74, 6) is -0.705. The van der Waals surface area contributed by atoms with Crippen LogP contribution in [0.15, 0.2) is 30.3 Å². The molecular weight excluding hydrogens is 464 g/mol. The molecule has 1 fully saturated rings. The van der Waals surface area contributed by atoms with Crippen molar-refractivity contribution in [2.75, 3.05) is 30.8 Å². The van der Waals surface area contributed by atoms with Crippen LogP contribution in [0.25, 0.3) is 0 Å². The van der Waals surface area contributed by atoms with Gasteiger partial charge in [-0.15, -0.1) is 0 Å². The highest BCUT2D eigenvalue weighted by Crippen LogP contribution is 2.26. The number of carbonyl (C=O) groups excluding carboxylic acids is 3. The Kier molecular flexibility index (Phi) is 9.15. The number of amides is 3. The van der Waals surface area contributed by atoms with Crippen LogP contribution in [-0.2, 0) is 9.59 Å². The molecule has 1 aliphatic carbocycles. The smallest absolute Gasteiger partial charge is 0.255 e. The first-order chi connectivity index (χ1) is 16.7. The largest absolute Gasteiger partial charge is 0.376 e. The van der Waals surface area contributed by atoms with Crippen molar-refractivity contribution in [2.24, 2.45) is 0 Å². The van der Waals surface area contributed by atoms with Crippen LogP contribution in [0.5, 0.6) is 0 Å². The summed E-state index contributed by atoms with van der Waals surface area (Å²) in [5.41, 5.74) is 4.93. The summed E-state index contributed by atoms with van der Waals surface area (Å²) in [7, 11) is 1.84. The molecule has 0 unspecified atom stereocenters. The average molecular weight is 499 g/mol. The van der Waals surface area contributed by atoms with Crippen LogP contribution in [0.3, 0.4) is 0 Å². The standard InChI is InChI=1S/C27H35ClN4O3/c1-17-12-18(2)26(19(3)13-17)31-25(34)16-30-24(33)15-29-20-10-11-22(23(28)14-20)27(35)32(4)21-8-6-5-7-9-21/h10-14,21,29H,5-9,15-16H2,1-4H3,(H,30,33)(H,31,34). The lowest BCUT2D eigenvalue weighted by atomic mass is 9.94. The number of nitrogens with zero attached hydrogens (tertiary/aromatic N) is 1. The van der Waals surface area contributed by atoms with Gasteiger partial charge >= 0.3 is 0 Å². The Balaban J connectivity index is 1.48. The third-order valence-corrected chi connectivity index (χ3v) is 6.80. The van der Waals surface area contributed by atoms with Crippen molar-refractivity contribution in [3.8, 4) is 0 Å². The Labute approximate surface area is 212 Å². The lowest BCUT2D eigenvalue weighted by Gasteiger charge is -2.31. The van der Waals surface area contributed by atoms with Crippen molar-refractivity contribution in [3.05, 3.63) is 57.6 Å². The van der Waals surface area contributed by atoms with Crippen LogP contribution in [0, 0.1) is 20.8 Å². The van der Waals surface area contributed by atoms with E-state index in [4.69, 9.17) is 11.6 Å². The molecule has 0 radical (unpaired) electrons. The first-order valence-corrected chi connectivity index (χ1v) is 12.5. The van der Waals surface area contributed by atoms with E-state index >= 15 is 0 Å². The molecule has 0 spiro atoms. The number of hydrogen-bond acceptors (Lipinski definition) is 4. The van der Waals surface area contributed by atoms with Crippen molar-refractivity contribution in [3.63, 3.8) is 0 Å². The number of carbonyl (C=O) groups is 3. The Hall–Kier alpha value is -3.06. The number of nitrogens with one attached hydrogen (secondary N) is 3. The maximum atomic E-state index is 12.9. The fourth-order valence-electron chi connectivity index (χ4n) is 4.61. The van der Waals surface area contributed by atoms with Gasteiger partial charge in [-0.2, -0.15) is 0 Å². The van der Waals surface area contributed by atoms with Crippen LogP contribution >= 0.6 is 11.6 Å². The number of halogens is 1. The third-order valence-electron chi connectivity index (χ3n) is 6.48. The molecule has 0 atom stereocenters. The average Bonchev–Trinajstić information content (AvgIpc) is 2.83. The van der Waals surface area contributed by atoms with Crippen molar-refractivity contribution >= 4 is 40.7 Å². The summed E-state index contributed by atoms with van der Waals surface area (Å²) in [5, 5.41) is 8.80. The van der Waals surface area contributed by atoms with Gasteiger partial charge in [0.1, 0.15) is 0 Å². The van der Waals surface area contributed by atoms with E-state index in [1.165, 1.54) is 6.42 Å². The summed E-state index contributed by atoms with van der Waals surface area (Å²) >= 11 is 6.40. The van der Waals surface area contributed by atoms with Gasteiger partial charge in [-0.3, -0.25) is 14.4 Å². The molecule has 0 heterocycles. The zero-order valence-corrected chi connectivity index (χ0v) is 21.7. The lowest BCUT2D eigenvalue weighted by Crippen LogP contribution is -2.38. The summed E-state index contributed by atoms with van der Waals surface area (Å²) in [4.78, 5) is 39.2. The predicted octanol–water partition coefficient (Wildman–Crippen LogP) is 4.84. The van der Waals surface area contributed by atoms with E-state index in [2.05, 4.69) is 16.0 Å². The molecule has 3 N–H and O–H groups in total. The normalized spacial score (nSPS) is 13.7. The van der Waals surface area contributed by atoms with E-state index in [1.807, 2.05) is 40.0 Å². The highest BCUT2D eigenvalue weighted by molar-refractivity contribution is 6.34. The van der Waals surface area contributed by atoms with E-state index < -0.39 is 0 Å². The maximum absolute atomic E-state index is 12.9. The molecule has 8 heteroatoms. The summed E-state index contributed by atoms with van der Waals surface area (Å²) in [6.45, 7) is 5.73. The Morgan fingerprint density at radius 1 is 0.943 bits per heavy atom. The molecule has 0 bridgehead atoms. The second-order valence-electron chi connectivity index (χ2n) is 9.35. The van der Waals surface area contributed by atoms with Gasteiger partial charge in [0.25, 0.3) is 5.91 Å². The summed E-state index contributed by atoms with van der Waals surface area (Å²) in [6.07, 6.45) is 5.57. The van der Waals surface area contributed by atoms with Crippen LogP contribution < -0.4 is 16.0 Å². The van der Waals surface area contributed by atoms with Gasteiger partial charge in [0.05, 0.1) is 23.7 Å². The molecule has 3 amide bonds. The molecule has 0 aromatic heterocycles. The second-order valence-corrected chi connectivity index (χ2v) is 9.76. The molecule has 1 aliphatic rings. The summed E-state index contributed by atoms with van der Waals surface area (Å²) in [6, 6.07) is 9.32. The highest BCUT2D eigenvalue weighted by Gasteiger charge is 2.24. The van der Waals surface area contributed by atoms with Gasteiger partial charge in [-0.1, -0.05) is 48.6 Å². The number of anilines is 2. The number of hydrogen-bond donors (Lipinski definition) is 3. The molecule has 3 rings (SSSR count). The van der Waals surface area contributed by atoms with Gasteiger partial charge in [0, 0.05) is 24.5 Å². The van der Waals surface area contributed by atoms with Crippen molar-refractivity contribution in [1.29, 1.82) is 0 Å². The lowest BCUT2D eigenvalue weighted by molar-refractivity contribution is -0.122. The molecule has 0 aliphatic heterocycles. The minimum Gasteiger partial charge on any atom is -0.376 e. The van der Waals surface area contributed by atoms with Gasteiger partial charge in [-0.25, -0.2) is 0 Å². The minimum absolute atomic E-state index is 0.0263. The Bertz CT molecular complexity index is 1070. The van der Waals surface area contributed by atoms with Gasteiger partial charge in [0.15, 0.2) is 0 Å². The van der Waals surface area contributed by atoms with E-state index in [0.717, 1.165) is 48.1 Å². The number of rotatable bonds is 8. The molecule has 0 saturated heterocycles. The van der Waals surface area contributed by atoms with Gasteiger partial charge in [0.2, 0.25) is 11.8 Å². The first kappa shape index (κ1) is 26.5. The fraction of sp³-hybridized carbons (Fsp3) is 0.444. The molecule has 1 saturated carbocycles. The topological polar surface area (TPSA) is 90.5 Å². The van der Waals surface area contributed by atoms with Crippen molar-refractivity contribution in [2.45, 2.75) is 58.9 Å². The highest BCUT2D eigenvalue weighted by atomic mass is 35.5. The molecule has 35 heavy (non-hydrogen) atoms. The molecule has 7 nitrogen and oxygen atoms in total. The molecule has 2 aromatic carbocycles. The Morgan fingerprint density at radius 3 is 2.23 bits per heavy atom. The van der Waals surface area contributed by atoms with Gasteiger partial charge < -0.3 is 20.9 Å². The Morgan fingerprint density at radius 2 is 1.60 bits per heavy atom. The molecule has 188 valence electrons. The number of benzene rings is 2. The van der Waals surface area contributed by atoms with Crippen molar-refractivity contribution < 1.29 is 14.4 Å². The van der Waals surface area contributed by atoms with E-state index in [-0.39, 0.29) is 36.9 Å². The SMILES string of the molecule is Cc1cc(C)c(NC(=O)CNC(=O)CNc2ccc(C(=O)N(C)C3CCCCC3)c(Cl)c2)c(C)c1. The third kappa shape index (κ3) is 7.21. The monoisotopic (exact) mass is 498 g/mol. The zero-order valence-electron chi connectivity index (χ0n) is 21.0. The first-order valence-electron chi connectivity index (χ1n) is 12.1. The predicted molar refractivity (Wildman–Crippen MR) is 141 cm³/mol. The minimum atomic E-state index is -0.328. The molecular formula is C27H35ClN4O3. The van der Waals surface area contributed by atoms with Crippen LogP contribution in [0.1, 0.15) is 59.2 Å². The summed E-state index contributed by atoms with van der Waals surface area (Å²) < 4.78 is 0. The van der Waals surface area contributed by atoms with E-state index in [1.54, 1.807) is 23.1 Å². The number of aryl methyl sites for hydroxylation is 3. The maximum Gasteiger partial charge on any atom is 0.255 e. The van der Waals surface area contributed by atoms with Gasteiger partial charge in [-0.05, 0) is 62.9 Å². The van der Waals surface area contributed by atoms with Crippen LogP contribution in [0.2, 0.25) is 5.02 Å².